The molecule has 3 heterocycles. The molecule has 2 aliphatic heterocycles. The lowest BCUT2D eigenvalue weighted by molar-refractivity contribution is 0.0469. The fraction of sp³-hybridized carbons (Fsp3) is 0.750. The topological polar surface area (TPSA) is 56.3 Å². The molecule has 120 valence electrons. The Morgan fingerprint density at radius 3 is 2.64 bits per heavy atom. The van der Waals surface area contributed by atoms with Gasteiger partial charge in [0.2, 0.25) is 0 Å². The van der Waals surface area contributed by atoms with Crippen LogP contribution in [-0.2, 0) is 0 Å². The highest BCUT2D eigenvalue weighted by molar-refractivity contribution is 5.49. The lowest BCUT2D eigenvalue weighted by Crippen LogP contribution is -2.63. The third-order valence-electron chi connectivity index (χ3n) is 5.51. The number of anilines is 2. The van der Waals surface area contributed by atoms with Crippen LogP contribution in [0.5, 0.6) is 0 Å². The van der Waals surface area contributed by atoms with Crippen molar-refractivity contribution in [2.75, 3.05) is 56.0 Å². The molecule has 2 N–H and O–H groups in total. The number of rotatable bonds is 4. The summed E-state index contributed by atoms with van der Waals surface area (Å²) in [4.78, 5) is 13.7. The van der Waals surface area contributed by atoms with Crippen molar-refractivity contribution in [1.29, 1.82) is 0 Å². The predicted octanol–water partition coefficient (Wildman–Crippen LogP) is 0.782. The van der Waals surface area contributed by atoms with Crippen molar-refractivity contribution in [3.8, 4) is 0 Å². The highest BCUT2D eigenvalue weighted by Crippen LogP contribution is 2.45. The quantitative estimate of drug-likeness (QED) is 0.857. The normalized spacial score (nSPS) is 24.9. The van der Waals surface area contributed by atoms with E-state index in [1.165, 1.54) is 25.9 Å². The summed E-state index contributed by atoms with van der Waals surface area (Å²) in [5.41, 5.74) is 0.601. The van der Waals surface area contributed by atoms with Gasteiger partial charge in [-0.2, -0.15) is 0 Å². The zero-order valence-corrected chi connectivity index (χ0v) is 13.4. The van der Waals surface area contributed by atoms with E-state index in [-0.39, 0.29) is 0 Å². The van der Waals surface area contributed by atoms with E-state index in [0.717, 1.165) is 44.4 Å². The lowest BCUT2D eigenvalue weighted by atomic mass is 9.62. The average molecular weight is 302 g/mol. The molecular weight excluding hydrogens is 276 g/mol. The van der Waals surface area contributed by atoms with Crippen molar-refractivity contribution in [2.24, 2.45) is 5.41 Å². The third-order valence-corrected chi connectivity index (χ3v) is 5.51. The van der Waals surface area contributed by atoms with Gasteiger partial charge in [0.15, 0.2) is 0 Å². The van der Waals surface area contributed by atoms with Crippen LogP contribution < -0.4 is 15.5 Å². The summed E-state index contributed by atoms with van der Waals surface area (Å²) in [6, 6.07) is 2.70. The molecule has 1 saturated carbocycles. The Kier molecular flexibility index (Phi) is 3.66. The molecule has 0 aromatic carbocycles. The van der Waals surface area contributed by atoms with Crippen molar-refractivity contribution in [2.45, 2.75) is 25.8 Å². The molecule has 0 radical (unpaired) electrons. The minimum absolute atomic E-state index is 0.585. The predicted molar refractivity (Wildman–Crippen MR) is 88.3 cm³/mol. The van der Waals surface area contributed by atoms with Gasteiger partial charge in [-0.05, 0) is 24.8 Å². The summed E-state index contributed by atoms with van der Waals surface area (Å²) in [6.07, 6.45) is 4.24. The number of aromatic nitrogens is 2. The Hall–Kier alpha value is -1.40. The lowest BCUT2D eigenvalue weighted by Gasteiger charge is -2.54. The highest BCUT2D eigenvalue weighted by Gasteiger charge is 2.48. The van der Waals surface area contributed by atoms with Crippen molar-refractivity contribution < 1.29 is 0 Å². The molecule has 4 rings (SSSR count). The summed E-state index contributed by atoms with van der Waals surface area (Å²) < 4.78 is 0. The first-order valence-corrected chi connectivity index (χ1v) is 8.53. The maximum absolute atomic E-state index is 4.47. The maximum atomic E-state index is 4.47. The summed E-state index contributed by atoms with van der Waals surface area (Å²) >= 11 is 0. The fourth-order valence-electron chi connectivity index (χ4n) is 3.96. The summed E-state index contributed by atoms with van der Waals surface area (Å²) in [6.45, 7) is 10.1. The molecule has 6 nitrogen and oxygen atoms in total. The van der Waals surface area contributed by atoms with Gasteiger partial charge in [-0.1, -0.05) is 6.92 Å². The highest BCUT2D eigenvalue weighted by atomic mass is 15.3. The molecule has 2 saturated heterocycles. The van der Waals surface area contributed by atoms with Crippen LogP contribution in [0.1, 0.15) is 19.8 Å². The van der Waals surface area contributed by atoms with Gasteiger partial charge in [0.05, 0.1) is 0 Å². The molecule has 22 heavy (non-hydrogen) atoms. The van der Waals surface area contributed by atoms with E-state index in [1.807, 2.05) is 0 Å². The minimum atomic E-state index is 0.585. The van der Waals surface area contributed by atoms with Crippen LogP contribution >= 0.6 is 0 Å². The first-order chi connectivity index (χ1) is 10.8. The second-order valence-electron chi connectivity index (χ2n) is 7.04. The smallest absolute Gasteiger partial charge is 0.134 e. The molecule has 1 aromatic rings. The molecule has 3 fully saturated rings. The second kappa shape index (κ2) is 5.66. The minimum Gasteiger partial charge on any atom is -0.367 e. The third kappa shape index (κ3) is 2.65. The van der Waals surface area contributed by atoms with Crippen LogP contribution in [0.3, 0.4) is 0 Å². The molecular formula is C16H26N6. The number of likely N-dealkylation sites (N-methyl/N-ethyl adjacent to an activating group) is 1. The number of nitrogens with zero attached hydrogens (tertiary/aromatic N) is 4. The van der Waals surface area contributed by atoms with Gasteiger partial charge in [-0.15, -0.1) is 0 Å². The second-order valence-corrected chi connectivity index (χ2v) is 7.04. The standard InChI is InChI=1S/C16H26N6/c1-2-21-3-5-22(6-4-21)15-7-14(18-12-19-15)20-13-8-16(9-13)10-17-11-16/h7,12-13,17H,2-6,8-11H2,1H3,(H,18,19,20). The van der Waals surface area contributed by atoms with E-state index >= 15 is 0 Å². The van der Waals surface area contributed by atoms with Gasteiger partial charge in [-0.25, -0.2) is 9.97 Å². The van der Waals surface area contributed by atoms with E-state index in [1.54, 1.807) is 6.33 Å². The Morgan fingerprint density at radius 1 is 1.23 bits per heavy atom. The Bertz CT molecular complexity index is 513. The summed E-state index contributed by atoms with van der Waals surface area (Å²) in [5, 5.41) is 6.97. The average Bonchev–Trinajstić information content (AvgIpc) is 2.49. The largest absolute Gasteiger partial charge is 0.367 e. The Labute approximate surface area is 132 Å². The van der Waals surface area contributed by atoms with Crippen LogP contribution in [0.25, 0.3) is 0 Å². The van der Waals surface area contributed by atoms with Crippen LogP contribution in [0.2, 0.25) is 0 Å². The van der Waals surface area contributed by atoms with Crippen LogP contribution in [0.15, 0.2) is 12.4 Å². The van der Waals surface area contributed by atoms with Gasteiger partial charge in [-0.3, -0.25) is 0 Å². The zero-order chi connectivity index (χ0) is 15.0. The monoisotopic (exact) mass is 302 g/mol. The van der Waals surface area contributed by atoms with E-state index in [2.05, 4.69) is 43.4 Å². The van der Waals surface area contributed by atoms with Crippen molar-refractivity contribution in [3.05, 3.63) is 12.4 Å². The molecule has 0 atom stereocenters. The van der Waals surface area contributed by atoms with Gasteiger partial charge < -0.3 is 20.4 Å². The van der Waals surface area contributed by atoms with Gasteiger partial charge in [0, 0.05) is 51.4 Å². The maximum Gasteiger partial charge on any atom is 0.134 e. The molecule has 6 heteroatoms. The SMILES string of the molecule is CCN1CCN(c2cc(NC3CC4(CNC4)C3)ncn2)CC1. The fourth-order valence-corrected chi connectivity index (χ4v) is 3.96. The number of piperazine rings is 1. The van der Waals surface area contributed by atoms with Crippen LogP contribution in [0, 0.1) is 5.41 Å². The molecule has 0 amide bonds. The zero-order valence-electron chi connectivity index (χ0n) is 13.4. The number of hydrogen-bond acceptors (Lipinski definition) is 6. The first kappa shape index (κ1) is 14.2. The molecule has 0 unspecified atom stereocenters. The molecule has 0 bridgehead atoms. The molecule has 1 aromatic heterocycles. The van der Waals surface area contributed by atoms with Gasteiger partial charge >= 0.3 is 0 Å². The number of nitrogens with one attached hydrogen (secondary N) is 2. The number of hydrogen-bond donors (Lipinski definition) is 2. The first-order valence-electron chi connectivity index (χ1n) is 8.53. The van der Waals surface area contributed by atoms with E-state index in [9.17, 15) is 0 Å². The molecule has 1 spiro atoms. The Balaban J connectivity index is 1.34. The van der Waals surface area contributed by atoms with E-state index < -0.39 is 0 Å². The summed E-state index contributed by atoms with van der Waals surface area (Å²) in [5.74, 6) is 2.04. The molecule has 3 aliphatic rings. The molecule has 1 aliphatic carbocycles. The van der Waals surface area contributed by atoms with Crippen LogP contribution in [-0.4, -0.2) is 66.7 Å². The van der Waals surface area contributed by atoms with Crippen molar-refractivity contribution in [1.82, 2.24) is 20.2 Å². The van der Waals surface area contributed by atoms with Crippen molar-refractivity contribution >= 4 is 11.6 Å². The Morgan fingerprint density at radius 2 is 2.00 bits per heavy atom. The van der Waals surface area contributed by atoms with Crippen molar-refractivity contribution in [3.63, 3.8) is 0 Å². The van der Waals surface area contributed by atoms with Crippen LogP contribution in [0.4, 0.5) is 11.6 Å². The summed E-state index contributed by atoms with van der Waals surface area (Å²) in [7, 11) is 0. The van der Waals surface area contributed by atoms with E-state index in [0.29, 0.717) is 11.5 Å². The van der Waals surface area contributed by atoms with Gasteiger partial charge in [0.1, 0.15) is 18.0 Å². The van der Waals surface area contributed by atoms with E-state index in [4.69, 9.17) is 0 Å². The van der Waals surface area contributed by atoms with Gasteiger partial charge in [0.25, 0.3) is 0 Å².